The number of benzene rings is 5. The fraction of sp³-hybridized carbons (Fsp3) is 0.327. The van der Waals surface area contributed by atoms with Crippen LogP contribution in [-0.4, -0.2) is 65.7 Å². The molecule has 0 aliphatic carbocycles. The van der Waals surface area contributed by atoms with E-state index >= 15 is 4.79 Å². The fourth-order valence-corrected chi connectivity index (χ4v) is 15.2. The van der Waals surface area contributed by atoms with E-state index in [4.69, 9.17) is 9.47 Å². The zero-order valence-electron chi connectivity index (χ0n) is 37.3. The Morgan fingerprint density at radius 3 is 2.06 bits per heavy atom. The van der Waals surface area contributed by atoms with Gasteiger partial charge in [-0.2, -0.15) is 0 Å². The average Bonchev–Trinajstić information content (AvgIpc) is 3.97. The second-order valence-electron chi connectivity index (χ2n) is 18.4. The van der Waals surface area contributed by atoms with Gasteiger partial charge in [0.25, 0.3) is 5.91 Å². The minimum atomic E-state index is -2.48. The van der Waals surface area contributed by atoms with Crippen LogP contribution >= 0.6 is 0 Å². The first-order chi connectivity index (χ1) is 31.5. The Labute approximate surface area is 380 Å². The molecule has 0 radical (unpaired) electrons. The van der Waals surface area contributed by atoms with Crippen LogP contribution in [0.5, 0.6) is 5.75 Å². The minimum absolute atomic E-state index is 0.00590. The zero-order chi connectivity index (χ0) is 45.0. The molecule has 5 heterocycles. The number of anilines is 5. The molecule has 1 N–H and O–H groups in total. The summed E-state index contributed by atoms with van der Waals surface area (Å²) in [7, 11) is -0.810. The van der Waals surface area contributed by atoms with Gasteiger partial charge in [0, 0.05) is 61.5 Å². The maximum Gasteiger partial charge on any atom is 0.264 e. The van der Waals surface area contributed by atoms with Crippen LogP contribution in [0, 0.1) is 5.92 Å². The molecule has 0 saturated carbocycles. The summed E-state index contributed by atoms with van der Waals surface area (Å²) in [5.74, 6) is 0.431. The smallest absolute Gasteiger partial charge is 0.264 e. The number of hydrogen-bond acceptors (Lipinski definition) is 8. The van der Waals surface area contributed by atoms with Crippen LogP contribution in [0.2, 0.25) is 18.6 Å². The summed E-state index contributed by atoms with van der Waals surface area (Å²) in [6, 6.07) is 38.3. The van der Waals surface area contributed by atoms with E-state index < -0.39 is 13.7 Å². The SMILES string of the molecule is COc1ccc([Si](C)(C)[C@H]2[C@H](CCn3cc(CCO)nn3)O[C@@]3(C(=O)N(Cc4ccc(N5C(=O)CCc6ccccc65)cc4)c4ccc(N5C(=O)CCc6ccccc65)cc43)[C@@H]2C)cc1. The predicted octanol–water partition coefficient (Wildman–Crippen LogP) is 7.90. The van der Waals surface area contributed by atoms with Crippen LogP contribution in [0.15, 0.2) is 121 Å². The highest BCUT2D eigenvalue weighted by atomic mass is 28.3. The molecule has 12 nitrogen and oxygen atoms in total. The Morgan fingerprint density at radius 1 is 0.785 bits per heavy atom. The van der Waals surface area contributed by atoms with Crippen LogP contribution in [0.1, 0.15) is 54.1 Å². The molecule has 1 spiro atoms. The van der Waals surface area contributed by atoms with Crippen LogP contribution in [0.4, 0.5) is 28.4 Å². The number of carbonyl (C=O) groups excluding carboxylic acids is 3. The Balaban J connectivity index is 1.07. The highest BCUT2D eigenvalue weighted by Crippen LogP contribution is 2.61. The Hall–Kier alpha value is -6.41. The van der Waals surface area contributed by atoms with Crippen molar-refractivity contribution in [3.05, 3.63) is 149 Å². The topological polar surface area (TPSA) is 130 Å². The van der Waals surface area contributed by atoms with Crippen LogP contribution in [-0.2, 0) is 57.1 Å². The van der Waals surface area contributed by atoms with Gasteiger partial charge in [0.2, 0.25) is 11.8 Å². The summed E-state index contributed by atoms with van der Waals surface area (Å²) < 4.78 is 14.9. The normalized spacial score (nSPS) is 21.5. The first-order valence-corrected chi connectivity index (χ1v) is 25.8. The molecule has 0 bridgehead atoms. The first kappa shape index (κ1) is 42.5. The van der Waals surface area contributed by atoms with E-state index in [0.717, 1.165) is 57.2 Å². The number of aryl methyl sites for hydroxylation is 3. The van der Waals surface area contributed by atoms with Crippen LogP contribution < -0.4 is 24.6 Å². The van der Waals surface area contributed by atoms with Gasteiger partial charge in [0.05, 0.1) is 50.6 Å². The molecule has 4 aliphatic heterocycles. The summed E-state index contributed by atoms with van der Waals surface area (Å²) in [5.41, 5.74) is 7.21. The third kappa shape index (κ3) is 7.26. The molecular formula is C52H54N6O6Si. The fourth-order valence-electron chi connectivity index (χ4n) is 11.2. The number of aromatic nitrogens is 3. The van der Waals surface area contributed by atoms with Gasteiger partial charge in [0.15, 0.2) is 5.60 Å². The van der Waals surface area contributed by atoms with Gasteiger partial charge in [-0.15, -0.1) is 5.10 Å². The third-order valence-electron chi connectivity index (χ3n) is 14.4. The number of para-hydroxylation sites is 2. The van der Waals surface area contributed by atoms with E-state index in [-0.39, 0.29) is 48.4 Å². The molecule has 0 unspecified atom stereocenters. The van der Waals surface area contributed by atoms with E-state index in [1.807, 2.05) is 102 Å². The van der Waals surface area contributed by atoms with Crippen molar-refractivity contribution in [2.24, 2.45) is 5.92 Å². The number of fused-ring (bicyclic) bond motifs is 4. The number of aliphatic hydroxyl groups is 1. The Kier molecular flexibility index (Phi) is 11.0. The van der Waals surface area contributed by atoms with Gasteiger partial charge >= 0.3 is 0 Å². The van der Waals surface area contributed by atoms with E-state index in [2.05, 4.69) is 54.6 Å². The highest BCUT2D eigenvalue weighted by molar-refractivity contribution is 6.91. The van der Waals surface area contributed by atoms with Crippen molar-refractivity contribution in [1.82, 2.24) is 15.0 Å². The summed E-state index contributed by atoms with van der Waals surface area (Å²) in [6.45, 7) is 7.69. The van der Waals surface area contributed by atoms with Gasteiger partial charge < -0.3 is 19.5 Å². The van der Waals surface area contributed by atoms with Crippen molar-refractivity contribution >= 4 is 59.4 Å². The predicted molar refractivity (Wildman–Crippen MR) is 253 cm³/mol. The third-order valence-corrected chi connectivity index (χ3v) is 18.7. The molecule has 4 aliphatic rings. The molecule has 6 aromatic rings. The molecule has 1 saturated heterocycles. The minimum Gasteiger partial charge on any atom is -0.497 e. The van der Waals surface area contributed by atoms with Crippen LogP contribution in [0.3, 0.4) is 0 Å². The number of amides is 3. The van der Waals surface area contributed by atoms with Crippen LogP contribution in [0.25, 0.3) is 0 Å². The summed E-state index contributed by atoms with van der Waals surface area (Å²) in [6.07, 6.45) is 4.73. The van der Waals surface area contributed by atoms with E-state index in [1.54, 1.807) is 21.6 Å². The quantitative estimate of drug-likeness (QED) is 0.123. The number of methoxy groups -OCH3 is 1. The molecule has 3 amide bonds. The molecule has 13 heteroatoms. The largest absolute Gasteiger partial charge is 0.497 e. The summed E-state index contributed by atoms with van der Waals surface area (Å²) in [4.78, 5) is 48.5. The monoisotopic (exact) mass is 886 g/mol. The zero-order valence-corrected chi connectivity index (χ0v) is 38.3. The summed E-state index contributed by atoms with van der Waals surface area (Å²) in [5, 5.41) is 19.5. The lowest BCUT2D eigenvalue weighted by molar-refractivity contribution is -0.146. The maximum absolute atomic E-state index is 15.8. The van der Waals surface area contributed by atoms with E-state index in [0.29, 0.717) is 50.0 Å². The maximum atomic E-state index is 15.8. The van der Waals surface area contributed by atoms with E-state index in [1.165, 1.54) is 5.19 Å². The first-order valence-electron chi connectivity index (χ1n) is 22.7. The molecular weight excluding hydrogens is 833 g/mol. The summed E-state index contributed by atoms with van der Waals surface area (Å²) >= 11 is 0. The second kappa shape index (κ2) is 16.9. The lowest BCUT2D eigenvalue weighted by atomic mass is 9.82. The standard InChI is InChI=1S/C52H54N6O6Si/c1-34-50(65(3,4)42-22-20-41(63-2)21-23-42)47(27-29-55-33-38(28-30-59)53-54-55)64-52(34)43-31-40(58-45-12-8-6-10-37(45)16-26-49(58)61)19-24-46(43)56(51(52)62)32-35-13-17-39(18-14-35)57-44-11-7-5-9-36(44)15-25-48(57)60/h5-14,17-24,31,33-34,47,50,59H,15-16,25-30,32H2,1-4H3/t34-,47+,50-,52+/m1/s1. The molecule has 1 aromatic heterocycles. The van der Waals surface area contributed by atoms with Crippen molar-refractivity contribution in [2.75, 3.05) is 28.4 Å². The Bertz CT molecular complexity index is 2790. The van der Waals surface area contributed by atoms with Crippen molar-refractivity contribution < 1.29 is 29.0 Å². The highest BCUT2D eigenvalue weighted by Gasteiger charge is 2.66. The lowest BCUT2D eigenvalue weighted by Crippen LogP contribution is -2.51. The molecule has 1 fully saturated rings. The Morgan fingerprint density at radius 2 is 1.42 bits per heavy atom. The van der Waals surface area contributed by atoms with Crippen molar-refractivity contribution in [2.45, 2.75) is 88.9 Å². The number of hydrogen-bond donors (Lipinski definition) is 1. The number of ether oxygens (including phenoxy) is 2. The lowest BCUT2D eigenvalue weighted by Gasteiger charge is -2.37. The number of nitrogens with zero attached hydrogens (tertiary/aromatic N) is 6. The van der Waals surface area contributed by atoms with E-state index in [9.17, 15) is 14.7 Å². The van der Waals surface area contributed by atoms with Gasteiger partial charge in [-0.05, 0) is 96.1 Å². The molecule has 65 heavy (non-hydrogen) atoms. The molecule has 4 atom stereocenters. The molecule has 332 valence electrons. The van der Waals surface area contributed by atoms with Crippen molar-refractivity contribution in [3.8, 4) is 5.75 Å². The second-order valence-corrected chi connectivity index (χ2v) is 23.1. The van der Waals surface area contributed by atoms with Gasteiger partial charge in [-0.1, -0.05) is 91.1 Å². The molecule has 10 rings (SSSR count). The average molecular weight is 887 g/mol. The number of rotatable bonds is 12. The van der Waals surface area contributed by atoms with Crippen molar-refractivity contribution in [1.29, 1.82) is 0 Å². The van der Waals surface area contributed by atoms with Gasteiger partial charge in [-0.3, -0.25) is 28.9 Å². The van der Waals surface area contributed by atoms with Crippen molar-refractivity contribution in [3.63, 3.8) is 0 Å². The van der Waals surface area contributed by atoms with Gasteiger partial charge in [-0.25, -0.2) is 0 Å². The number of carbonyl (C=O) groups is 3. The number of aliphatic hydroxyl groups excluding tert-OH is 1. The molecule has 5 aromatic carbocycles. The van der Waals surface area contributed by atoms with Gasteiger partial charge in [0.1, 0.15) is 5.75 Å².